The van der Waals surface area contributed by atoms with Crippen molar-refractivity contribution < 1.29 is 9.53 Å². The highest BCUT2D eigenvalue weighted by molar-refractivity contribution is 8.03. The fourth-order valence-electron chi connectivity index (χ4n) is 1.66. The zero-order chi connectivity index (χ0) is 12.8. The third kappa shape index (κ3) is 3.65. The van der Waals surface area contributed by atoms with Crippen LogP contribution in [0.5, 0.6) is 0 Å². The number of thioether (sulfide) groups is 1. The molecule has 1 aliphatic rings. The summed E-state index contributed by atoms with van der Waals surface area (Å²) in [7, 11) is 0. The Bertz CT molecular complexity index is 449. The highest BCUT2D eigenvalue weighted by Gasteiger charge is 2.17. The molecule has 1 aromatic carbocycles. The van der Waals surface area contributed by atoms with Gasteiger partial charge in [-0.3, -0.25) is 0 Å². The second kappa shape index (κ2) is 6.28. The lowest BCUT2D eigenvalue weighted by atomic mass is 10.3. The van der Waals surface area contributed by atoms with Crippen molar-refractivity contribution in [1.82, 2.24) is 5.32 Å². The van der Waals surface area contributed by atoms with Gasteiger partial charge < -0.3 is 15.4 Å². The molecule has 2 amide bonds. The van der Waals surface area contributed by atoms with Gasteiger partial charge in [0.15, 0.2) is 0 Å². The summed E-state index contributed by atoms with van der Waals surface area (Å²) in [5.41, 5.74) is 0.688. The van der Waals surface area contributed by atoms with Gasteiger partial charge in [0.05, 0.1) is 0 Å². The molecule has 1 saturated heterocycles. The van der Waals surface area contributed by atoms with Crippen LogP contribution >= 0.6 is 11.8 Å². The first-order chi connectivity index (χ1) is 8.78. The first kappa shape index (κ1) is 12.7. The molecular formula is C12H13N3O2S. The van der Waals surface area contributed by atoms with Crippen LogP contribution in [-0.2, 0) is 4.74 Å². The van der Waals surface area contributed by atoms with Crippen LogP contribution in [0.1, 0.15) is 12.8 Å². The van der Waals surface area contributed by atoms with Gasteiger partial charge in [0.1, 0.15) is 11.6 Å². The molecule has 2 rings (SSSR count). The van der Waals surface area contributed by atoms with E-state index in [-0.39, 0.29) is 12.3 Å². The second-order valence-corrected chi connectivity index (χ2v) is 4.68. The largest absolute Gasteiger partial charge is 0.358 e. The van der Waals surface area contributed by atoms with Crippen molar-refractivity contribution in [3.8, 4) is 5.40 Å². The number of rotatable bonds is 3. The summed E-state index contributed by atoms with van der Waals surface area (Å²) in [4.78, 5) is 12.5. The van der Waals surface area contributed by atoms with Gasteiger partial charge in [-0.05, 0) is 48.9 Å². The number of nitrogens with one attached hydrogen (secondary N) is 2. The average molecular weight is 263 g/mol. The van der Waals surface area contributed by atoms with Crippen LogP contribution in [0.25, 0.3) is 0 Å². The quantitative estimate of drug-likeness (QED) is 0.649. The maximum absolute atomic E-state index is 11.6. The normalized spacial score (nSPS) is 18.1. The van der Waals surface area contributed by atoms with Crippen LogP contribution in [-0.4, -0.2) is 18.9 Å². The molecule has 2 N–H and O–H groups in total. The third-order valence-corrected chi connectivity index (χ3v) is 3.10. The summed E-state index contributed by atoms with van der Waals surface area (Å²) in [5, 5.41) is 16.0. The van der Waals surface area contributed by atoms with E-state index in [0.717, 1.165) is 29.5 Å². The van der Waals surface area contributed by atoms with E-state index < -0.39 is 0 Å². The Balaban J connectivity index is 1.84. The van der Waals surface area contributed by atoms with Gasteiger partial charge in [0.25, 0.3) is 0 Å². The maximum Gasteiger partial charge on any atom is 0.321 e. The standard InChI is InChI=1S/C12H13N3O2S/c13-8-18-10-5-3-9(4-6-10)14-12(16)15-11-2-1-7-17-11/h3-6,11H,1-2,7H2,(H2,14,15,16). The number of carbonyl (C=O) groups is 1. The van der Waals surface area contributed by atoms with Crippen molar-refractivity contribution in [3.05, 3.63) is 24.3 Å². The van der Waals surface area contributed by atoms with Crippen molar-refractivity contribution in [2.75, 3.05) is 11.9 Å². The number of thiocyanates is 1. The zero-order valence-electron chi connectivity index (χ0n) is 9.68. The molecule has 94 valence electrons. The molecule has 0 aliphatic carbocycles. The first-order valence-electron chi connectivity index (χ1n) is 5.63. The molecule has 0 aromatic heterocycles. The van der Waals surface area contributed by atoms with Crippen LogP contribution in [0.4, 0.5) is 10.5 Å². The van der Waals surface area contributed by atoms with E-state index >= 15 is 0 Å². The van der Waals surface area contributed by atoms with Gasteiger partial charge >= 0.3 is 6.03 Å². The topological polar surface area (TPSA) is 74.2 Å². The summed E-state index contributed by atoms with van der Waals surface area (Å²) >= 11 is 1.09. The lowest BCUT2D eigenvalue weighted by Gasteiger charge is -2.12. The lowest BCUT2D eigenvalue weighted by molar-refractivity contribution is 0.0928. The number of nitrogens with zero attached hydrogens (tertiary/aromatic N) is 1. The van der Waals surface area contributed by atoms with Crippen LogP contribution in [0.3, 0.4) is 0 Å². The minimum Gasteiger partial charge on any atom is -0.358 e. The Hall–Kier alpha value is -1.71. The average Bonchev–Trinajstić information content (AvgIpc) is 2.84. The summed E-state index contributed by atoms with van der Waals surface area (Å²) in [6.07, 6.45) is 1.65. The zero-order valence-corrected chi connectivity index (χ0v) is 10.5. The Kier molecular flexibility index (Phi) is 4.45. The van der Waals surface area contributed by atoms with Gasteiger partial charge in [-0.15, -0.1) is 0 Å². The minimum absolute atomic E-state index is 0.182. The van der Waals surface area contributed by atoms with Gasteiger partial charge in [-0.25, -0.2) is 4.79 Å². The van der Waals surface area contributed by atoms with Crippen molar-refractivity contribution in [2.45, 2.75) is 24.0 Å². The van der Waals surface area contributed by atoms with E-state index in [9.17, 15) is 4.79 Å². The molecule has 5 nitrogen and oxygen atoms in total. The SMILES string of the molecule is N#CSc1ccc(NC(=O)NC2CCCO2)cc1. The number of benzene rings is 1. The summed E-state index contributed by atoms with van der Waals surface area (Å²) < 4.78 is 5.30. The highest BCUT2D eigenvalue weighted by atomic mass is 32.2. The highest BCUT2D eigenvalue weighted by Crippen LogP contribution is 2.19. The van der Waals surface area contributed by atoms with Crippen molar-refractivity contribution >= 4 is 23.5 Å². The number of hydrogen-bond donors (Lipinski definition) is 2. The molecule has 18 heavy (non-hydrogen) atoms. The number of carbonyl (C=O) groups excluding carboxylic acids is 1. The molecule has 1 aromatic rings. The predicted octanol–water partition coefficient (Wildman–Crippen LogP) is 2.52. The van der Waals surface area contributed by atoms with Crippen molar-refractivity contribution in [1.29, 1.82) is 5.26 Å². The fourth-order valence-corrected chi connectivity index (χ4v) is 2.04. The third-order valence-electron chi connectivity index (χ3n) is 2.50. The van der Waals surface area contributed by atoms with Gasteiger partial charge in [-0.1, -0.05) is 0 Å². The Morgan fingerprint density at radius 2 is 2.22 bits per heavy atom. The Morgan fingerprint density at radius 3 is 2.83 bits per heavy atom. The van der Waals surface area contributed by atoms with E-state index in [1.807, 2.05) is 5.40 Å². The molecule has 1 fully saturated rings. The summed E-state index contributed by atoms with van der Waals surface area (Å²) in [6.45, 7) is 0.699. The first-order valence-corrected chi connectivity index (χ1v) is 6.45. The molecule has 6 heteroatoms. The van der Waals surface area contributed by atoms with Gasteiger partial charge in [0, 0.05) is 17.2 Å². The summed E-state index contributed by atoms with van der Waals surface area (Å²) in [6, 6.07) is 6.82. The van der Waals surface area contributed by atoms with Crippen LogP contribution < -0.4 is 10.6 Å². The fraction of sp³-hybridized carbons (Fsp3) is 0.333. The predicted molar refractivity (Wildman–Crippen MR) is 69.0 cm³/mol. The molecule has 0 radical (unpaired) electrons. The van der Waals surface area contributed by atoms with E-state index in [2.05, 4.69) is 10.6 Å². The van der Waals surface area contributed by atoms with Crippen molar-refractivity contribution in [2.24, 2.45) is 0 Å². The lowest BCUT2D eigenvalue weighted by Crippen LogP contribution is -2.37. The number of anilines is 1. The molecule has 1 aliphatic heterocycles. The smallest absolute Gasteiger partial charge is 0.321 e. The number of nitriles is 1. The van der Waals surface area contributed by atoms with E-state index in [1.54, 1.807) is 24.3 Å². The van der Waals surface area contributed by atoms with Crippen molar-refractivity contribution in [3.63, 3.8) is 0 Å². The van der Waals surface area contributed by atoms with E-state index in [4.69, 9.17) is 10.00 Å². The minimum atomic E-state index is -0.275. The molecule has 0 saturated carbocycles. The molecule has 1 atom stereocenters. The number of urea groups is 1. The van der Waals surface area contributed by atoms with Crippen LogP contribution in [0.2, 0.25) is 0 Å². The second-order valence-electron chi connectivity index (χ2n) is 3.82. The van der Waals surface area contributed by atoms with E-state index in [0.29, 0.717) is 12.3 Å². The van der Waals surface area contributed by atoms with E-state index in [1.165, 1.54) is 0 Å². The van der Waals surface area contributed by atoms with Gasteiger partial charge in [0.2, 0.25) is 0 Å². The number of amides is 2. The Morgan fingerprint density at radius 1 is 1.44 bits per heavy atom. The molecule has 1 heterocycles. The van der Waals surface area contributed by atoms with Crippen LogP contribution in [0.15, 0.2) is 29.2 Å². The molecule has 1 unspecified atom stereocenters. The molecule has 0 bridgehead atoms. The van der Waals surface area contributed by atoms with Gasteiger partial charge in [-0.2, -0.15) is 5.26 Å². The summed E-state index contributed by atoms with van der Waals surface area (Å²) in [5.74, 6) is 0. The molecular weight excluding hydrogens is 250 g/mol. The monoisotopic (exact) mass is 263 g/mol. The maximum atomic E-state index is 11.6. The Labute approximate surface area is 110 Å². The molecule has 0 spiro atoms. The number of hydrogen-bond acceptors (Lipinski definition) is 4. The van der Waals surface area contributed by atoms with Crippen LogP contribution in [0, 0.1) is 10.7 Å². The number of ether oxygens (including phenoxy) is 1.